The van der Waals surface area contributed by atoms with Crippen LogP contribution >= 0.6 is 0 Å². The third kappa shape index (κ3) is 6.05. The van der Waals surface area contributed by atoms with E-state index in [0.29, 0.717) is 11.3 Å². The summed E-state index contributed by atoms with van der Waals surface area (Å²) in [5.41, 5.74) is 4.63. The average Bonchev–Trinajstić information content (AvgIpc) is 2.37. The molecule has 0 aromatic carbocycles. The highest BCUT2D eigenvalue weighted by molar-refractivity contribution is 5.36. The molecule has 0 amide bonds. The second kappa shape index (κ2) is 8.38. The van der Waals surface area contributed by atoms with Gasteiger partial charge in [0.05, 0.1) is 0 Å². The van der Waals surface area contributed by atoms with E-state index in [0.717, 1.165) is 6.42 Å². The van der Waals surface area contributed by atoms with E-state index in [1.165, 1.54) is 30.4 Å². The van der Waals surface area contributed by atoms with Gasteiger partial charge in [-0.15, -0.1) is 0 Å². The summed E-state index contributed by atoms with van der Waals surface area (Å²) >= 11 is 0. The summed E-state index contributed by atoms with van der Waals surface area (Å²) in [6.07, 6.45) is 15.6. The molecule has 21 heavy (non-hydrogen) atoms. The van der Waals surface area contributed by atoms with Crippen LogP contribution in [0.4, 0.5) is 0 Å². The molecule has 0 fully saturated rings. The van der Waals surface area contributed by atoms with E-state index in [9.17, 15) is 0 Å². The second-order valence-corrected chi connectivity index (χ2v) is 7.05. The van der Waals surface area contributed by atoms with Crippen molar-refractivity contribution in [3.05, 3.63) is 47.1 Å². The van der Waals surface area contributed by atoms with Crippen molar-refractivity contribution in [2.45, 2.75) is 60.3 Å². The normalized spacial score (nSPS) is 21.5. The number of hydrogen-bond acceptors (Lipinski definition) is 1. The zero-order chi connectivity index (χ0) is 15.9. The van der Waals surface area contributed by atoms with Gasteiger partial charge in [0, 0.05) is 6.61 Å². The highest BCUT2D eigenvalue weighted by atomic mass is 16.3. The summed E-state index contributed by atoms with van der Waals surface area (Å²) in [6, 6.07) is 0. The minimum Gasteiger partial charge on any atom is -0.396 e. The third-order valence-corrected chi connectivity index (χ3v) is 4.44. The molecule has 0 spiro atoms. The van der Waals surface area contributed by atoms with Crippen LogP contribution in [0.25, 0.3) is 0 Å². The van der Waals surface area contributed by atoms with Gasteiger partial charge < -0.3 is 5.11 Å². The summed E-state index contributed by atoms with van der Waals surface area (Å²) in [5.74, 6) is 0.435. The Morgan fingerprint density at radius 3 is 2.71 bits per heavy atom. The highest BCUT2D eigenvalue weighted by Gasteiger charge is 2.26. The first-order valence-corrected chi connectivity index (χ1v) is 8.21. The fourth-order valence-corrected chi connectivity index (χ4v) is 2.98. The van der Waals surface area contributed by atoms with E-state index in [1.807, 2.05) is 0 Å². The van der Waals surface area contributed by atoms with Gasteiger partial charge in [-0.25, -0.2) is 0 Å². The zero-order valence-corrected chi connectivity index (χ0v) is 14.4. The molecular formula is C20H32O. The van der Waals surface area contributed by atoms with Crippen molar-refractivity contribution in [3.8, 4) is 0 Å². The minimum atomic E-state index is 0.261. The van der Waals surface area contributed by atoms with Crippen molar-refractivity contribution in [2.75, 3.05) is 6.61 Å². The molecule has 0 aliphatic heterocycles. The first-order valence-electron chi connectivity index (χ1n) is 8.21. The third-order valence-electron chi connectivity index (χ3n) is 4.44. The van der Waals surface area contributed by atoms with Crippen LogP contribution in [0.1, 0.15) is 60.3 Å². The van der Waals surface area contributed by atoms with E-state index in [1.54, 1.807) is 5.57 Å². The maximum atomic E-state index is 8.88. The summed E-state index contributed by atoms with van der Waals surface area (Å²) in [5, 5.41) is 8.88. The van der Waals surface area contributed by atoms with Gasteiger partial charge in [0.25, 0.3) is 0 Å². The van der Waals surface area contributed by atoms with Gasteiger partial charge >= 0.3 is 0 Å². The number of hydrogen-bond donors (Lipinski definition) is 1. The maximum absolute atomic E-state index is 8.88. The van der Waals surface area contributed by atoms with Crippen molar-refractivity contribution in [3.63, 3.8) is 0 Å². The predicted molar refractivity (Wildman–Crippen MR) is 93.2 cm³/mol. The van der Waals surface area contributed by atoms with Crippen molar-refractivity contribution >= 4 is 0 Å². The zero-order valence-electron chi connectivity index (χ0n) is 14.4. The molecule has 1 aliphatic rings. The lowest BCUT2D eigenvalue weighted by molar-refractivity contribution is 0.274. The SMILES string of the molecule is CC(=CC=CC(C)CCO)/C=C/C1=C(C)CCCC1(C)C. The van der Waals surface area contributed by atoms with E-state index in [-0.39, 0.29) is 6.61 Å². The first kappa shape index (κ1) is 18.0. The van der Waals surface area contributed by atoms with Crippen LogP contribution in [0, 0.1) is 11.3 Å². The van der Waals surface area contributed by atoms with E-state index < -0.39 is 0 Å². The molecule has 1 rings (SSSR count). The summed E-state index contributed by atoms with van der Waals surface area (Å²) < 4.78 is 0. The molecule has 0 radical (unpaired) electrons. The van der Waals surface area contributed by atoms with Crippen LogP contribution in [0.2, 0.25) is 0 Å². The molecule has 1 unspecified atom stereocenters. The quantitative estimate of drug-likeness (QED) is 0.632. The Kier molecular flexibility index (Phi) is 7.17. The summed E-state index contributed by atoms with van der Waals surface area (Å²) in [4.78, 5) is 0. The Bertz CT molecular complexity index is 446. The standard InChI is InChI=1S/C20H32O/c1-16(8-6-9-17(2)13-15-21)11-12-19-18(3)10-7-14-20(19,4)5/h6,8-9,11-12,17,21H,7,10,13-15H2,1-5H3/b9-6?,12-11+,16-8?. The molecule has 0 heterocycles. The topological polar surface area (TPSA) is 20.2 Å². The van der Waals surface area contributed by atoms with Gasteiger partial charge in [-0.1, -0.05) is 62.3 Å². The molecule has 1 aliphatic carbocycles. The molecule has 0 bridgehead atoms. The smallest absolute Gasteiger partial charge is 0.0436 e. The Morgan fingerprint density at radius 2 is 2.10 bits per heavy atom. The molecule has 0 saturated heterocycles. The molecule has 0 aromatic heterocycles. The van der Waals surface area contributed by atoms with Crippen molar-refractivity contribution < 1.29 is 5.11 Å². The molecule has 1 atom stereocenters. The molecule has 1 N–H and O–H groups in total. The maximum Gasteiger partial charge on any atom is 0.0436 e. The number of rotatable bonds is 6. The van der Waals surface area contributed by atoms with Crippen LogP contribution in [0.15, 0.2) is 47.1 Å². The van der Waals surface area contributed by atoms with Gasteiger partial charge in [0.1, 0.15) is 0 Å². The summed E-state index contributed by atoms with van der Waals surface area (Å²) in [6.45, 7) is 11.5. The fourth-order valence-electron chi connectivity index (χ4n) is 2.98. The molecule has 1 heteroatoms. The number of aliphatic hydroxyl groups excluding tert-OH is 1. The Hall–Kier alpha value is -1.08. The van der Waals surface area contributed by atoms with Gasteiger partial charge in [0.15, 0.2) is 0 Å². The lowest BCUT2D eigenvalue weighted by atomic mass is 9.72. The van der Waals surface area contributed by atoms with Crippen molar-refractivity contribution in [1.82, 2.24) is 0 Å². The second-order valence-electron chi connectivity index (χ2n) is 7.05. The average molecular weight is 288 g/mol. The van der Waals surface area contributed by atoms with Crippen molar-refractivity contribution in [1.29, 1.82) is 0 Å². The highest BCUT2D eigenvalue weighted by Crippen LogP contribution is 2.40. The molecule has 0 saturated carbocycles. The Balaban J connectivity index is 2.71. The minimum absolute atomic E-state index is 0.261. The van der Waals surface area contributed by atoms with Crippen molar-refractivity contribution in [2.24, 2.45) is 11.3 Å². The predicted octanol–water partition coefficient (Wildman–Crippen LogP) is 5.59. The van der Waals surface area contributed by atoms with Crippen LogP contribution in [0.3, 0.4) is 0 Å². The van der Waals surface area contributed by atoms with Crippen LogP contribution in [-0.4, -0.2) is 11.7 Å². The van der Waals surface area contributed by atoms with Crippen LogP contribution in [-0.2, 0) is 0 Å². The van der Waals surface area contributed by atoms with E-state index in [2.05, 4.69) is 65.0 Å². The summed E-state index contributed by atoms with van der Waals surface area (Å²) in [7, 11) is 0. The monoisotopic (exact) mass is 288 g/mol. The van der Waals surface area contributed by atoms with Gasteiger partial charge in [-0.05, 0) is 56.4 Å². The van der Waals surface area contributed by atoms with E-state index in [4.69, 9.17) is 5.11 Å². The Labute approximate surface area is 131 Å². The molecule has 118 valence electrons. The number of allylic oxidation sites excluding steroid dienone is 8. The molecule has 1 nitrogen and oxygen atoms in total. The largest absolute Gasteiger partial charge is 0.396 e. The van der Waals surface area contributed by atoms with Gasteiger partial charge in [-0.2, -0.15) is 0 Å². The van der Waals surface area contributed by atoms with E-state index >= 15 is 0 Å². The first-order chi connectivity index (χ1) is 9.86. The van der Waals surface area contributed by atoms with Crippen LogP contribution in [0.5, 0.6) is 0 Å². The lowest BCUT2D eigenvalue weighted by Gasteiger charge is -2.32. The molecular weight excluding hydrogens is 256 g/mol. The van der Waals surface area contributed by atoms with Gasteiger partial charge in [-0.3, -0.25) is 0 Å². The van der Waals surface area contributed by atoms with Gasteiger partial charge in [0.2, 0.25) is 0 Å². The fraction of sp³-hybridized carbons (Fsp3) is 0.600. The lowest BCUT2D eigenvalue weighted by Crippen LogP contribution is -2.19. The molecule has 0 aromatic rings. The van der Waals surface area contributed by atoms with Crippen LogP contribution < -0.4 is 0 Å². The Morgan fingerprint density at radius 1 is 1.38 bits per heavy atom. The number of aliphatic hydroxyl groups is 1.